The lowest BCUT2D eigenvalue weighted by Crippen LogP contribution is -2.46. The molecule has 0 heterocycles. The molecule has 0 radical (unpaired) electrons. The molecule has 0 spiro atoms. The molecular weight excluding hydrogens is 232 g/mol. The van der Waals surface area contributed by atoms with Gasteiger partial charge in [0.05, 0.1) is 0 Å². The molecule has 0 aromatic rings. The van der Waals surface area contributed by atoms with Crippen molar-refractivity contribution in [1.29, 1.82) is 0 Å². The Morgan fingerprint density at radius 3 is 2.42 bits per heavy atom. The summed E-state index contributed by atoms with van der Waals surface area (Å²) in [6.07, 6.45) is 9.53. The molecule has 1 rings (SSSR count). The molecule has 1 aliphatic carbocycles. The van der Waals surface area contributed by atoms with Gasteiger partial charge in [-0.15, -0.1) is 0 Å². The van der Waals surface area contributed by atoms with Crippen molar-refractivity contribution in [2.75, 3.05) is 20.1 Å². The molecule has 1 atom stereocenters. The van der Waals surface area contributed by atoms with E-state index in [9.17, 15) is 0 Å². The quantitative estimate of drug-likeness (QED) is 0.668. The zero-order chi connectivity index (χ0) is 14.3. The highest BCUT2D eigenvalue weighted by Gasteiger charge is 2.30. The third-order valence-corrected chi connectivity index (χ3v) is 4.98. The zero-order valence-electron chi connectivity index (χ0n) is 14.0. The minimum absolute atomic E-state index is 0.582. The number of rotatable bonds is 8. The highest BCUT2D eigenvalue weighted by molar-refractivity contribution is 4.84. The second kappa shape index (κ2) is 8.26. The van der Waals surface area contributed by atoms with Crippen LogP contribution in [0.2, 0.25) is 0 Å². The molecule has 0 aliphatic heterocycles. The van der Waals surface area contributed by atoms with Crippen molar-refractivity contribution in [2.24, 2.45) is 5.41 Å². The molecule has 1 aliphatic rings. The largest absolute Gasteiger partial charge is 0.315 e. The van der Waals surface area contributed by atoms with Crippen LogP contribution in [-0.2, 0) is 0 Å². The Bertz CT molecular complexity index is 227. The summed E-state index contributed by atoms with van der Waals surface area (Å²) in [6, 6.07) is 1.47. The maximum absolute atomic E-state index is 3.61. The van der Waals surface area contributed by atoms with Crippen molar-refractivity contribution in [3.05, 3.63) is 0 Å². The Morgan fingerprint density at radius 1 is 1.21 bits per heavy atom. The lowest BCUT2D eigenvalue weighted by molar-refractivity contribution is 0.0996. The van der Waals surface area contributed by atoms with Crippen LogP contribution in [-0.4, -0.2) is 37.1 Å². The van der Waals surface area contributed by atoms with Crippen molar-refractivity contribution < 1.29 is 0 Å². The molecule has 1 N–H and O–H groups in total. The van der Waals surface area contributed by atoms with Crippen LogP contribution < -0.4 is 5.32 Å². The predicted molar refractivity (Wildman–Crippen MR) is 85.7 cm³/mol. The molecule has 1 saturated carbocycles. The topological polar surface area (TPSA) is 15.3 Å². The summed E-state index contributed by atoms with van der Waals surface area (Å²) in [7, 11) is 2.32. The van der Waals surface area contributed by atoms with Crippen LogP contribution in [0.15, 0.2) is 0 Å². The van der Waals surface area contributed by atoms with Gasteiger partial charge in [-0.1, -0.05) is 33.6 Å². The fourth-order valence-electron chi connectivity index (χ4n) is 3.11. The Hall–Kier alpha value is -0.0800. The Morgan fingerprint density at radius 2 is 1.84 bits per heavy atom. The van der Waals surface area contributed by atoms with Crippen LogP contribution in [0.1, 0.15) is 72.6 Å². The van der Waals surface area contributed by atoms with Gasteiger partial charge in [-0.25, -0.2) is 0 Å². The van der Waals surface area contributed by atoms with E-state index in [1.165, 1.54) is 51.5 Å². The predicted octanol–water partition coefficient (Wildman–Crippen LogP) is 4.06. The molecule has 0 aromatic carbocycles. The van der Waals surface area contributed by atoms with E-state index in [4.69, 9.17) is 0 Å². The lowest BCUT2D eigenvalue weighted by Gasteiger charge is -2.41. The standard InChI is InChI=1S/C17H36N2/c1-6-7-8-13-18-14-15(2)19(5)16-9-11-17(3,4)12-10-16/h15-16,18H,6-14H2,1-5H3. The second-order valence-corrected chi connectivity index (χ2v) is 7.32. The fraction of sp³-hybridized carbons (Fsp3) is 1.00. The number of nitrogens with one attached hydrogen (secondary N) is 1. The van der Waals surface area contributed by atoms with E-state index in [1.807, 2.05) is 0 Å². The summed E-state index contributed by atoms with van der Waals surface area (Å²) >= 11 is 0. The summed E-state index contributed by atoms with van der Waals surface area (Å²) in [4.78, 5) is 2.61. The average Bonchev–Trinajstić information content (AvgIpc) is 2.37. The Labute approximate surface area is 121 Å². The molecule has 2 heteroatoms. The van der Waals surface area contributed by atoms with Crippen LogP contribution in [0.3, 0.4) is 0 Å². The smallest absolute Gasteiger partial charge is 0.0192 e. The molecule has 0 saturated heterocycles. The van der Waals surface area contributed by atoms with Crippen molar-refractivity contribution >= 4 is 0 Å². The van der Waals surface area contributed by atoms with Crippen LogP contribution >= 0.6 is 0 Å². The van der Waals surface area contributed by atoms with Gasteiger partial charge in [-0.3, -0.25) is 4.90 Å². The molecule has 2 nitrogen and oxygen atoms in total. The summed E-state index contributed by atoms with van der Waals surface area (Å²) in [5.74, 6) is 0. The average molecular weight is 268 g/mol. The minimum Gasteiger partial charge on any atom is -0.315 e. The van der Waals surface area contributed by atoms with Crippen LogP contribution in [0.4, 0.5) is 0 Å². The van der Waals surface area contributed by atoms with Gasteiger partial charge in [-0.2, -0.15) is 0 Å². The normalized spacial score (nSPS) is 21.8. The van der Waals surface area contributed by atoms with Gasteiger partial charge in [0.15, 0.2) is 0 Å². The van der Waals surface area contributed by atoms with Crippen LogP contribution in [0, 0.1) is 5.41 Å². The number of nitrogens with zero attached hydrogens (tertiary/aromatic N) is 1. The van der Waals surface area contributed by atoms with Crippen molar-refractivity contribution in [1.82, 2.24) is 10.2 Å². The first-order valence-corrected chi connectivity index (χ1v) is 8.39. The lowest BCUT2D eigenvalue weighted by atomic mass is 9.75. The molecule has 1 fully saturated rings. The maximum Gasteiger partial charge on any atom is 0.0192 e. The fourth-order valence-corrected chi connectivity index (χ4v) is 3.11. The summed E-state index contributed by atoms with van der Waals surface area (Å²) < 4.78 is 0. The number of hydrogen-bond donors (Lipinski definition) is 1. The van der Waals surface area contributed by atoms with E-state index < -0.39 is 0 Å². The van der Waals surface area contributed by atoms with Gasteiger partial charge in [-0.05, 0) is 58.0 Å². The van der Waals surface area contributed by atoms with E-state index in [2.05, 4.69) is 45.0 Å². The molecule has 0 amide bonds. The highest BCUT2D eigenvalue weighted by atomic mass is 15.2. The van der Waals surface area contributed by atoms with Crippen molar-refractivity contribution in [3.63, 3.8) is 0 Å². The summed E-state index contributed by atoms with van der Waals surface area (Å²) in [5, 5.41) is 3.61. The molecule has 19 heavy (non-hydrogen) atoms. The third-order valence-electron chi connectivity index (χ3n) is 4.98. The monoisotopic (exact) mass is 268 g/mol. The van der Waals surface area contributed by atoms with Crippen LogP contribution in [0.5, 0.6) is 0 Å². The maximum atomic E-state index is 3.61. The minimum atomic E-state index is 0.582. The second-order valence-electron chi connectivity index (χ2n) is 7.32. The van der Waals surface area contributed by atoms with E-state index in [1.54, 1.807) is 0 Å². The molecular formula is C17H36N2. The van der Waals surface area contributed by atoms with Gasteiger partial charge in [0.25, 0.3) is 0 Å². The van der Waals surface area contributed by atoms with E-state index >= 15 is 0 Å². The van der Waals surface area contributed by atoms with Gasteiger partial charge in [0.1, 0.15) is 0 Å². The Balaban J connectivity index is 2.19. The molecule has 0 aromatic heterocycles. The van der Waals surface area contributed by atoms with Crippen molar-refractivity contribution in [2.45, 2.75) is 84.7 Å². The summed E-state index contributed by atoms with van der Waals surface area (Å²) in [5.41, 5.74) is 0.582. The van der Waals surface area contributed by atoms with Crippen LogP contribution in [0.25, 0.3) is 0 Å². The third kappa shape index (κ3) is 6.27. The summed E-state index contributed by atoms with van der Waals surface area (Å²) in [6.45, 7) is 11.8. The molecule has 1 unspecified atom stereocenters. The molecule has 0 bridgehead atoms. The zero-order valence-corrected chi connectivity index (χ0v) is 14.0. The highest BCUT2D eigenvalue weighted by Crippen LogP contribution is 2.36. The van der Waals surface area contributed by atoms with Gasteiger partial charge >= 0.3 is 0 Å². The first-order valence-electron chi connectivity index (χ1n) is 8.39. The first-order chi connectivity index (χ1) is 8.96. The van der Waals surface area contributed by atoms with Crippen molar-refractivity contribution in [3.8, 4) is 0 Å². The number of likely N-dealkylation sites (N-methyl/N-ethyl adjacent to an activating group) is 1. The first kappa shape index (κ1) is 17.0. The van der Waals surface area contributed by atoms with E-state index in [0.29, 0.717) is 11.5 Å². The van der Waals surface area contributed by atoms with E-state index in [-0.39, 0.29) is 0 Å². The van der Waals surface area contributed by atoms with E-state index in [0.717, 1.165) is 12.6 Å². The Kier molecular flexibility index (Phi) is 7.38. The van der Waals surface area contributed by atoms with Gasteiger partial charge in [0, 0.05) is 18.6 Å². The molecule has 114 valence electrons. The van der Waals surface area contributed by atoms with Gasteiger partial charge in [0.2, 0.25) is 0 Å². The SMILES string of the molecule is CCCCCNCC(C)N(C)C1CCC(C)(C)CC1. The number of unbranched alkanes of at least 4 members (excludes halogenated alkanes) is 2. The van der Waals surface area contributed by atoms with Gasteiger partial charge < -0.3 is 5.32 Å². The number of hydrogen-bond acceptors (Lipinski definition) is 2.